The first-order chi connectivity index (χ1) is 12.8. The maximum atomic E-state index is 11.8. The maximum Gasteiger partial charge on any atom is 0.271 e. The first kappa shape index (κ1) is 19.1. The number of carbonyl (C=O) groups is 2. The van der Waals surface area contributed by atoms with Crippen LogP contribution in [0.1, 0.15) is 5.56 Å². The van der Waals surface area contributed by atoms with E-state index in [4.69, 9.17) is 0 Å². The lowest BCUT2D eigenvalue weighted by Crippen LogP contribution is -2.30. The number of carbonyl (C=O) groups excluding carboxylic acids is 2. The van der Waals surface area contributed by atoms with Gasteiger partial charge in [0, 0.05) is 24.3 Å². The summed E-state index contributed by atoms with van der Waals surface area (Å²) in [5, 5.41) is 19.1. The van der Waals surface area contributed by atoms with Crippen LogP contribution < -0.4 is 4.90 Å². The molecule has 0 aliphatic carbocycles. The van der Waals surface area contributed by atoms with Gasteiger partial charge in [-0.05, 0) is 62.5 Å². The lowest BCUT2D eigenvalue weighted by Gasteiger charge is -2.16. The summed E-state index contributed by atoms with van der Waals surface area (Å²) in [5.41, 5.74) is 1.98. The third kappa shape index (κ3) is 3.86. The van der Waals surface area contributed by atoms with Crippen LogP contribution in [0, 0.1) is 17.0 Å². The van der Waals surface area contributed by atoms with E-state index >= 15 is 0 Å². The zero-order chi connectivity index (χ0) is 19.7. The number of anilines is 1. The van der Waals surface area contributed by atoms with Crippen molar-refractivity contribution in [2.24, 2.45) is 10.2 Å². The van der Waals surface area contributed by atoms with Crippen molar-refractivity contribution in [3.05, 3.63) is 67.1 Å². The molecule has 1 heterocycles. The lowest BCUT2D eigenvalue weighted by molar-refractivity contribution is -0.385. The molecule has 0 bridgehead atoms. The highest BCUT2D eigenvalue weighted by Crippen LogP contribution is 2.38. The maximum absolute atomic E-state index is 11.8. The summed E-state index contributed by atoms with van der Waals surface area (Å²) in [4.78, 5) is 35.1. The fourth-order valence-electron chi connectivity index (χ4n) is 2.45. The molecule has 0 atom stereocenters. The average molecular weight is 494 g/mol. The van der Waals surface area contributed by atoms with E-state index in [1.54, 1.807) is 25.1 Å². The molecule has 1 aliphatic rings. The highest BCUT2D eigenvalue weighted by atomic mass is 79.9. The van der Waals surface area contributed by atoms with Gasteiger partial charge in [0.2, 0.25) is 0 Å². The highest BCUT2D eigenvalue weighted by Gasteiger charge is 2.26. The van der Waals surface area contributed by atoms with Gasteiger partial charge in [-0.1, -0.05) is 0 Å². The Morgan fingerprint density at radius 3 is 2.11 bits per heavy atom. The van der Waals surface area contributed by atoms with E-state index in [-0.39, 0.29) is 5.69 Å². The minimum atomic E-state index is -0.506. The van der Waals surface area contributed by atoms with Gasteiger partial charge in [0.15, 0.2) is 0 Å². The van der Waals surface area contributed by atoms with E-state index in [0.717, 1.165) is 4.90 Å². The molecule has 3 rings (SSSR count). The second kappa shape index (κ2) is 7.49. The molecule has 2 amide bonds. The van der Waals surface area contributed by atoms with Crippen molar-refractivity contribution >= 4 is 66.4 Å². The standard InChI is InChI=1S/C17H10Br2N4O4/c1-9-6-10(2-3-14(9)22-15(24)4-5-16(22)25)20-21-17-12(18)7-11(23(26)27)8-13(17)19/h2-8H,1H3. The highest BCUT2D eigenvalue weighted by molar-refractivity contribution is 9.11. The molecule has 0 aromatic heterocycles. The first-order valence-electron chi connectivity index (χ1n) is 7.50. The predicted octanol–water partition coefficient (Wildman–Crippen LogP) is 5.27. The molecular formula is C17H10Br2N4O4. The number of amides is 2. The zero-order valence-electron chi connectivity index (χ0n) is 13.7. The van der Waals surface area contributed by atoms with Crippen LogP contribution in [0.2, 0.25) is 0 Å². The number of hydrogen-bond donors (Lipinski definition) is 0. The molecule has 27 heavy (non-hydrogen) atoms. The Kier molecular flexibility index (Phi) is 5.29. The van der Waals surface area contributed by atoms with Crippen molar-refractivity contribution < 1.29 is 14.5 Å². The van der Waals surface area contributed by atoms with Gasteiger partial charge in [-0.15, -0.1) is 5.11 Å². The van der Waals surface area contributed by atoms with Crippen molar-refractivity contribution in [3.63, 3.8) is 0 Å². The van der Waals surface area contributed by atoms with E-state index in [9.17, 15) is 19.7 Å². The quantitative estimate of drug-likeness (QED) is 0.250. The average Bonchev–Trinajstić information content (AvgIpc) is 2.93. The van der Waals surface area contributed by atoms with Gasteiger partial charge < -0.3 is 0 Å². The molecule has 0 spiro atoms. The molecule has 0 unspecified atom stereocenters. The fourth-order valence-corrected chi connectivity index (χ4v) is 3.77. The topological polar surface area (TPSA) is 105 Å². The molecular weight excluding hydrogens is 484 g/mol. The number of nitrogens with zero attached hydrogens (tertiary/aromatic N) is 4. The third-order valence-corrected chi connectivity index (χ3v) is 4.92. The Hall–Kier alpha value is -2.72. The largest absolute Gasteiger partial charge is 0.271 e. The molecule has 0 saturated carbocycles. The van der Waals surface area contributed by atoms with Crippen LogP contribution in [0.3, 0.4) is 0 Å². The third-order valence-electron chi connectivity index (χ3n) is 3.71. The van der Waals surface area contributed by atoms with E-state index in [0.29, 0.717) is 31.6 Å². The minimum Gasteiger partial charge on any atom is -0.269 e. The SMILES string of the molecule is Cc1cc(N=Nc2c(Br)cc([N+](=O)[O-])cc2Br)ccc1N1C(=O)C=CC1=O. The normalized spacial score (nSPS) is 13.8. The van der Waals surface area contributed by atoms with E-state index < -0.39 is 16.7 Å². The van der Waals surface area contributed by atoms with Crippen molar-refractivity contribution in [2.45, 2.75) is 6.92 Å². The number of aryl methyl sites for hydroxylation is 1. The number of nitro benzene ring substituents is 1. The summed E-state index contributed by atoms with van der Waals surface area (Å²) >= 11 is 6.49. The first-order valence-corrected chi connectivity index (χ1v) is 9.08. The Bertz CT molecular complexity index is 1010. The smallest absolute Gasteiger partial charge is 0.269 e. The van der Waals surface area contributed by atoms with Crippen LogP contribution in [0.5, 0.6) is 0 Å². The summed E-state index contributed by atoms with van der Waals surface area (Å²) in [6, 6.07) is 7.60. The van der Waals surface area contributed by atoms with Crippen LogP contribution in [0.4, 0.5) is 22.7 Å². The van der Waals surface area contributed by atoms with E-state index in [2.05, 4.69) is 42.1 Å². The van der Waals surface area contributed by atoms with Crippen LogP contribution in [-0.2, 0) is 9.59 Å². The number of nitro groups is 1. The molecule has 1 aliphatic heterocycles. The van der Waals surface area contributed by atoms with E-state index in [1.807, 2.05) is 0 Å². The summed E-state index contributed by atoms with van der Waals surface area (Å²) in [5.74, 6) is -0.785. The van der Waals surface area contributed by atoms with Crippen molar-refractivity contribution in [1.29, 1.82) is 0 Å². The minimum absolute atomic E-state index is 0.0820. The number of azo groups is 1. The second-order valence-electron chi connectivity index (χ2n) is 5.53. The molecule has 136 valence electrons. The van der Waals surface area contributed by atoms with Gasteiger partial charge in [0.1, 0.15) is 5.69 Å². The summed E-state index contributed by atoms with van der Waals surface area (Å²) in [7, 11) is 0. The number of rotatable bonds is 4. The van der Waals surface area contributed by atoms with Gasteiger partial charge >= 0.3 is 0 Å². The van der Waals surface area contributed by atoms with Crippen molar-refractivity contribution in [3.8, 4) is 0 Å². The Labute approximate surface area is 170 Å². The zero-order valence-corrected chi connectivity index (χ0v) is 16.9. The van der Waals surface area contributed by atoms with Crippen molar-refractivity contribution in [2.75, 3.05) is 4.90 Å². The summed E-state index contributed by atoms with van der Waals surface area (Å²) in [6.45, 7) is 1.75. The fraction of sp³-hybridized carbons (Fsp3) is 0.0588. The Morgan fingerprint density at radius 2 is 1.59 bits per heavy atom. The molecule has 0 N–H and O–H groups in total. The van der Waals surface area contributed by atoms with Crippen LogP contribution in [0.25, 0.3) is 0 Å². The summed E-state index contributed by atoms with van der Waals surface area (Å²) in [6.07, 6.45) is 2.44. The number of halogens is 2. The molecule has 8 nitrogen and oxygen atoms in total. The Balaban J connectivity index is 1.89. The number of imide groups is 1. The number of non-ortho nitro benzene ring substituents is 1. The summed E-state index contributed by atoms with van der Waals surface area (Å²) < 4.78 is 0.833. The van der Waals surface area contributed by atoms with Gasteiger partial charge in [-0.2, -0.15) is 5.11 Å². The lowest BCUT2D eigenvalue weighted by atomic mass is 10.1. The molecule has 0 fully saturated rings. The Morgan fingerprint density at radius 1 is 1.00 bits per heavy atom. The van der Waals surface area contributed by atoms with Crippen LogP contribution in [0.15, 0.2) is 61.7 Å². The van der Waals surface area contributed by atoms with E-state index in [1.165, 1.54) is 24.3 Å². The monoisotopic (exact) mass is 492 g/mol. The van der Waals surface area contributed by atoms with Gasteiger partial charge in [-0.25, -0.2) is 4.90 Å². The van der Waals surface area contributed by atoms with Crippen LogP contribution in [-0.4, -0.2) is 16.7 Å². The van der Waals surface area contributed by atoms with Gasteiger partial charge in [0.25, 0.3) is 17.5 Å². The molecule has 2 aromatic rings. The second-order valence-corrected chi connectivity index (χ2v) is 7.24. The van der Waals surface area contributed by atoms with Crippen LogP contribution >= 0.6 is 31.9 Å². The molecule has 0 radical (unpaired) electrons. The molecule has 2 aromatic carbocycles. The number of hydrogen-bond acceptors (Lipinski definition) is 6. The molecule has 10 heteroatoms. The predicted molar refractivity (Wildman–Crippen MR) is 105 cm³/mol. The number of benzene rings is 2. The van der Waals surface area contributed by atoms with Crippen molar-refractivity contribution in [1.82, 2.24) is 0 Å². The molecule has 0 saturated heterocycles. The van der Waals surface area contributed by atoms with Gasteiger partial charge in [-0.3, -0.25) is 19.7 Å². The van der Waals surface area contributed by atoms with Gasteiger partial charge in [0.05, 0.1) is 25.2 Å².